The van der Waals surface area contributed by atoms with Crippen molar-refractivity contribution in [2.24, 2.45) is 0 Å². The Kier molecular flexibility index (Phi) is 4.62. The van der Waals surface area contributed by atoms with Crippen molar-refractivity contribution in [3.63, 3.8) is 0 Å². The number of aromatic nitrogens is 2. The molecule has 21 heavy (non-hydrogen) atoms. The third kappa shape index (κ3) is 4.50. The SMILES string of the molecule is O=S(=O)(CCc1cncs1)Cc1cccnc1C(F)(F)F. The molecule has 0 aliphatic heterocycles. The molecule has 0 bridgehead atoms. The number of hydrogen-bond acceptors (Lipinski definition) is 5. The Morgan fingerprint density at radius 2 is 2.05 bits per heavy atom. The molecule has 2 aromatic rings. The third-order valence-electron chi connectivity index (χ3n) is 2.68. The van der Waals surface area contributed by atoms with Crippen molar-refractivity contribution >= 4 is 21.2 Å². The molecule has 2 rings (SSSR count). The lowest BCUT2D eigenvalue weighted by Crippen LogP contribution is -2.17. The highest BCUT2D eigenvalue weighted by Crippen LogP contribution is 2.30. The van der Waals surface area contributed by atoms with Crippen LogP contribution in [0.25, 0.3) is 0 Å². The fraction of sp³-hybridized carbons (Fsp3) is 0.333. The quantitative estimate of drug-likeness (QED) is 0.842. The van der Waals surface area contributed by atoms with Crippen LogP contribution in [0.4, 0.5) is 13.2 Å². The number of rotatable bonds is 5. The molecule has 0 saturated carbocycles. The largest absolute Gasteiger partial charge is 0.433 e. The second-order valence-electron chi connectivity index (χ2n) is 4.32. The molecular formula is C12H11F3N2O2S2. The van der Waals surface area contributed by atoms with Gasteiger partial charge in [0.15, 0.2) is 9.84 Å². The second-order valence-corrected chi connectivity index (χ2v) is 7.47. The van der Waals surface area contributed by atoms with Crippen LogP contribution in [0.2, 0.25) is 0 Å². The predicted octanol–water partition coefficient (Wildman–Crippen LogP) is 2.71. The van der Waals surface area contributed by atoms with Crippen LogP contribution in [0.1, 0.15) is 16.1 Å². The van der Waals surface area contributed by atoms with Crippen LogP contribution in [0.5, 0.6) is 0 Å². The molecule has 0 fully saturated rings. The molecule has 0 aliphatic rings. The molecule has 0 aliphatic carbocycles. The number of aryl methyl sites for hydroxylation is 1. The number of nitrogens with zero attached hydrogens (tertiary/aromatic N) is 2. The van der Waals surface area contributed by atoms with Gasteiger partial charge in [-0.3, -0.25) is 9.97 Å². The van der Waals surface area contributed by atoms with Crippen molar-refractivity contribution in [2.75, 3.05) is 5.75 Å². The van der Waals surface area contributed by atoms with Crippen molar-refractivity contribution in [1.29, 1.82) is 0 Å². The molecule has 4 nitrogen and oxygen atoms in total. The number of halogens is 3. The van der Waals surface area contributed by atoms with Gasteiger partial charge in [0.1, 0.15) is 5.69 Å². The highest BCUT2D eigenvalue weighted by atomic mass is 32.2. The minimum Gasteiger partial charge on any atom is -0.253 e. The Morgan fingerprint density at radius 1 is 1.29 bits per heavy atom. The molecule has 2 heterocycles. The summed E-state index contributed by atoms with van der Waals surface area (Å²) in [6, 6.07) is 2.43. The normalized spacial score (nSPS) is 12.5. The summed E-state index contributed by atoms with van der Waals surface area (Å²) in [5, 5.41) is 0. The summed E-state index contributed by atoms with van der Waals surface area (Å²) in [6.45, 7) is 0. The lowest BCUT2D eigenvalue weighted by Gasteiger charge is -2.11. The molecule has 0 saturated heterocycles. The van der Waals surface area contributed by atoms with E-state index in [0.717, 1.165) is 17.1 Å². The van der Waals surface area contributed by atoms with E-state index < -0.39 is 27.5 Å². The molecule has 2 aromatic heterocycles. The average Bonchev–Trinajstić information content (AvgIpc) is 2.88. The summed E-state index contributed by atoms with van der Waals surface area (Å²) in [6.07, 6.45) is -1.87. The highest BCUT2D eigenvalue weighted by Gasteiger charge is 2.35. The first-order valence-electron chi connectivity index (χ1n) is 5.87. The summed E-state index contributed by atoms with van der Waals surface area (Å²) in [7, 11) is -3.65. The van der Waals surface area contributed by atoms with Crippen molar-refractivity contribution < 1.29 is 21.6 Å². The number of pyridine rings is 1. The van der Waals surface area contributed by atoms with E-state index in [0.29, 0.717) is 0 Å². The molecule has 0 aromatic carbocycles. The van der Waals surface area contributed by atoms with Gasteiger partial charge in [-0.15, -0.1) is 11.3 Å². The fourth-order valence-electron chi connectivity index (χ4n) is 1.74. The van der Waals surface area contributed by atoms with Crippen LogP contribution in [0.15, 0.2) is 30.0 Å². The zero-order valence-electron chi connectivity index (χ0n) is 10.7. The van der Waals surface area contributed by atoms with Gasteiger partial charge in [0.05, 0.1) is 17.0 Å². The van der Waals surface area contributed by atoms with Crippen molar-refractivity contribution in [2.45, 2.75) is 18.3 Å². The minimum absolute atomic E-state index is 0.221. The summed E-state index contributed by atoms with van der Waals surface area (Å²) < 4.78 is 62.2. The Morgan fingerprint density at radius 3 is 2.67 bits per heavy atom. The molecule has 0 unspecified atom stereocenters. The first-order chi connectivity index (χ1) is 9.78. The van der Waals surface area contributed by atoms with Crippen molar-refractivity contribution in [3.05, 3.63) is 46.2 Å². The van der Waals surface area contributed by atoms with Gasteiger partial charge in [-0.25, -0.2) is 8.42 Å². The summed E-state index contributed by atoms with van der Waals surface area (Å²) in [4.78, 5) is 7.84. The van der Waals surface area contributed by atoms with Gasteiger partial charge in [0.25, 0.3) is 0 Å². The third-order valence-corrected chi connectivity index (χ3v) is 5.09. The van der Waals surface area contributed by atoms with E-state index in [4.69, 9.17) is 0 Å². The van der Waals surface area contributed by atoms with Gasteiger partial charge in [0, 0.05) is 17.3 Å². The van der Waals surface area contributed by atoms with E-state index in [1.807, 2.05) is 0 Å². The smallest absolute Gasteiger partial charge is 0.253 e. The predicted molar refractivity (Wildman–Crippen MR) is 72.5 cm³/mol. The first kappa shape index (κ1) is 15.9. The maximum atomic E-state index is 12.8. The first-order valence-corrected chi connectivity index (χ1v) is 8.57. The Labute approximate surface area is 123 Å². The van der Waals surface area contributed by atoms with Gasteiger partial charge < -0.3 is 0 Å². The number of alkyl halides is 3. The Hall–Kier alpha value is -1.48. The van der Waals surface area contributed by atoms with Gasteiger partial charge in [0.2, 0.25) is 0 Å². The number of hydrogen-bond donors (Lipinski definition) is 0. The highest BCUT2D eigenvalue weighted by molar-refractivity contribution is 7.90. The molecule has 0 N–H and O–H groups in total. The van der Waals surface area contributed by atoms with Crippen LogP contribution >= 0.6 is 11.3 Å². The van der Waals surface area contributed by atoms with Crippen molar-refractivity contribution in [1.82, 2.24) is 9.97 Å². The topological polar surface area (TPSA) is 59.9 Å². The maximum absolute atomic E-state index is 12.8. The van der Waals surface area contributed by atoms with Gasteiger partial charge in [-0.2, -0.15) is 13.2 Å². The minimum atomic E-state index is -4.66. The Balaban J connectivity index is 2.13. The number of thiazole rings is 1. The Bertz CT molecular complexity index is 698. The summed E-state index contributed by atoms with van der Waals surface area (Å²) in [5.41, 5.74) is 0.103. The van der Waals surface area contributed by atoms with E-state index >= 15 is 0 Å². The van der Waals surface area contributed by atoms with Gasteiger partial charge in [-0.1, -0.05) is 6.07 Å². The van der Waals surface area contributed by atoms with E-state index in [1.165, 1.54) is 17.4 Å². The van der Waals surface area contributed by atoms with E-state index in [9.17, 15) is 21.6 Å². The second kappa shape index (κ2) is 6.10. The molecule has 0 spiro atoms. The molecule has 0 amide bonds. The lowest BCUT2D eigenvalue weighted by atomic mass is 10.2. The zero-order chi connectivity index (χ0) is 15.5. The molecule has 9 heteroatoms. The van der Waals surface area contributed by atoms with Crippen LogP contribution < -0.4 is 0 Å². The van der Waals surface area contributed by atoms with Gasteiger partial charge >= 0.3 is 6.18 Å². The van der Waals surface area contributed by atoms with Crippen LogP contribution in [-0.2, 0) is 28.2 Å². The maximum Gasteiger partial charge on any atom is 0.433 e. The standard InChI is InChI=1S/C12H11F3N2O2S2/c13-12(14,15)11-9(2-1-4-17-11)7-21(18,19)5-3-10-6-16-8-20-10/h1-2,4,6,8H,3,5,7H2. The summed E-state index contributed by atoms with van der Waals surface area (Å²) in [5.74, 6) is -0.893. The molecule has 0 atom stereocenters. The molecule has 0 radical (unpaired) electrons. The zero-order valence-corrected chi connectivity index (χ0v) is 12.3. The van der Waals surface area contributed by atoms with Crippen LogP contribution in [0.3, 0.4) is 0 Å². The number of sulfone groups is 1. The molecular weight excluding hydrogens is 325 g/mol. The monoisotopic (exact) mass is 336 g/mol. The van der Waals surface area contributed by atoms with Gasteiger partial charge in [-0.05, 0) is 18.1 Å². The lowest BCUT2D eigenvalue weighted by molar-refractivity contribution is -0.141. The van der Waals surface area contributed by atoms with E-state index in [-0.39, 0.29) is 17.7 Å². The van der Waals surface area contributed by atoms with Crippen LogP contribution in [-0.4, -0.2) is 24.1 Å². The average molecular weight is 336 g/mol. The summed E-state index contributed by atoms with van der Waals surface area (Å²) >= 11 is 1.31. The van der Waals surface area contributed by atoms with Crippen LogP contribution in [0, 0.1) is 0 Å². The van der Waals surface area contributed by atoms with E-state index in [1.54, 1.807) is 11.7 Å². The fourth-order valence-corrected chi connectivity index (χ4v) is 3.85. The van der Waals surface area contributed by atoms with Crippen molar-refractivity contribution in [3.8, 4) is 0 Å². The van der Waals surface area contributed by atoms with E-state index in [2.05, 4.69) is 9.97 Å². The molecule has 114 valence electrons.